The number of nitriles is 1. The van der Waals surface area contributed by atoms with Crippen molar-refractivity contribution in [2.45, 2.75) is 37.9 Å². The highest BCUT2D eigenvalue weighted by atomic mass is 15.4. The molecule has 2 bridgehead atoms. The average molecular weight is 564 g/mol. The van der Waals surface area contributed by atoms with Crippen LogP contribution in [-0.2, 0) is 7.05 Å². The monoisotopic (exact) mass is 563 g/mol. The molecule has 210 valence electrons. The maximum Gasteiger partial charge on any atom is 0.128 e. The lowest BCUT2D eigenvalue weighted by Crippen LogP contribution is -2.70. The van der Waals surface area contributed by atoms with Crippen LogP contribution >= 0.6 is 0 Å². The lowest BCUT2D eigenvalue weighted by atomic mass is 9.85. The number of piperazine rings is 1. The number of rotatable bonds is 6. The van der Waals surface area contributed by atoms with Crippen molar-refractivity contribution in [3.05, 3.63) is 89.9 Å². The summed E-state index contributed by atoms with van der Waals surface area (Å²) in [5.41, 5.74) is 9.91. The molecule has 9 heteroatoms. The SMILES string of the molecule is C#Cc1ccc(C2=C(C(C)N3C4CC3CN(c3ccc(-c5cc(-c6cnn(C)c6)cn6ncc(C#N)c56)cn3)C4)C2)nc1. The third-order valence-corrected chi connectivity index (χ3v) is 9.22. The summed E-state index contributed by atoms with van der Waals surface area (Å²) in [7, 11) is 1.90. The first-order valence-corrected chi connectivity index (χ1v) is 14.5. The Labute approximate surface area is 249 Å². The lowest BCUT2D eigenvalue weighted by Gasteiger charge is -2.58. The van der Waals surface area contributed by atoms with Crippen LogP contribution in [0.25, 0.3) is 33.3 Å². The topological polar surface area (TPSA) is 91.2 Å². The van der Waals surface area contributed by atoms with Crippen molar-refractivity contribution in [3.8, 4) is 40.7 Å². The first-order valence-electron chi connectivity index (χ1n) is 14.5. The fourth-order valence-electron chi connectivity index (χ4n) is 6.98. The van der Waals surface area contributed by atoms with Gasteiger partial charge in [-0.2, -0.15) is 15.5 Å². The molecule has 3 aliphatic heterocycles. The zero-order valence-corrected chi connectivity index (χ0v) is 24.0. The molecule has 0 saturated carbocycles. The van der Waals surface area contributed by atoms with E-state index in [4.69, 9.17) is 11.4 Å². The molecule has 3 atom stereocenters. The Balaban J connectivity index is 1.01. The van der Waals surface area contributed by atoms with Gasteiger partial charge in [0.05, 0.1) is 29.2 Å². The molecule has 0 spiro atoms. The molecule has 5 aromatic rings. The van der Waals surface area contributed by atoms with Gasteiger partial charge in [-0.15, -0.1) is 6.42 Å². The summed E-state index contributed by atoms with van der Waals surface area (Å²) < 4.78 is 3.56. The van der Waals surface area contributed by atoms with E-state index in [1.165, 1.54) is 17.6 Å². The number of piperidine rings is 1. The predicted octanol–water partition coefficient (Wildman–Crippen LogP) is 4.55. The minimum Gasteiger partial charge on any atom is -0.353 e. The fraction of sp³-hybridized carbons (Fsp3) is 0.265. The van der Waals surface area contributed by atoms with E-state index < -0.39 is 0 Å². The molecule has 0 amide bonds. The number of nitrogens with zero attached hydrogens (tertiary/aromatic N) is 9. The number of anilines is 1. The second-order valence-electron chi connectivity index (χ2n) is 11.7. The molecule has 3 unspecified atom stereocenters. The summed E-state index contributed by atoms with van der Waals surface area (Å²) >= 11 is 0. The van der Waals surface area contributed by atoms with Gasteiger partial charge < -0.3 is 4.90 Å². The van der Waals surface area contributed by atoms with Gasteiger partial charge in [0.2, 0.25) is 0 Å². The van der Waals surface area contributed by atoms with Crippen LogP contribution in [0.15, 0.2) is 73.1 Å². The standard InChI is InChI=1S/C34H29N9/c1-4-22-5-7-32(36-13-22)31-11-29(31)21(2)43-27-10-28(43)20-41(19-27)33-8-6-23(14-37-33)30-9-24(26-16-38-40(3)17-26)18-42-34(30)25(12-35)15-39-42/h1,5-9,13-18,21,27-28H,10-11,19-20H2,2-3H3. The Kier molecular flexibility index (Phi) is 5.72. The first kappa shape index (κ1) is 25.5. The molecule has 0 radical (unpaired) electrons. The Morgan fingerprint density at radius 2 is 1.81 bits per heavy atom. The van der Waals surface area contributed by atoms with Crippen LogP contribution in [0.2, 0.25) is 0 Å². The van der Waals surface area contributed by atoms with Crippen LogP contribution in [-0.4, -0.2) is 65.5 Å². The fourth-order valence-corrected chi connectivity index (χ4v) is 6.98. The number of hydrogen-bond donors (Lipinski definition) is 0. The van der Waals surface area contributed by atoms with Crippen molar-refractivity contribution >= 4 is 16.9 Å². The van der Waals surface area contributed by atoms with Crippen molar-refractivity contribution in [2.24, 2.45) is 7.05 Å². The summed E-state index contributed by atoms with van der Waals surface area (Å²) in [5.74, 6) is 3.63. The van der Waals surface area contributed by atoms with Gasteiger partial charge >= 0.3 is 0 Å². The van der Waals surface area contributed by atoms with E-state index in [0.717, 1.165) is 64.4 Å². The molecule has 8 heterocycles. The summed E-state index contributed by atoms with van der Waals surface area (Å²) in [6.45, 7) is 4.27. The zero-order valence-electron chi connectivity index (χ0n) is 24.0. The third-order valence-electron chi connectivity index (χ3n) is 9.22. The summed E-state index contributed by atoms with van der Waals surface area (Å²) in [6.07, 6.45) is 18.8. The van der Waals surface area contributed by atoms with Gasteiger partial charge in [-0.25, -0.2) is 9.50 Å². The van der Waals surface area contributed by atoms with E-state index in [1.54, 1.807) is 21.6 Å². The van der Waals surface area contributed by atoms with E-state index in [9.17, 15) is 5.26 Å². The number of aryl methyl sites for hydroxylation is 1. The molecular weight excluding hydrogens is 534 g/mol. The molecule has 0 N–H and O–H groups in total. The van der Waals surface area contributed by atoms with Crippen LogP contribution in [0.5, 0.6) is 0 Å². The van der Waals surface area contributed by atoms with Gasteiger partial charge in [0.15, 0.2) is 0 Å². The highest BCUT2D eigenvalue weighted by Crippen LogP contribution is 2.47. The van der Waals surface area contributed by atoms with Gasteiger partial charge in [-0.1, -0.05) is 5.92 Å². The molecule has 1 aliphatic carbocycles. The van der Waals surface area contributed by atoms with Crippen molar-refractivity contribution in [1.82, 2.24) is 34.3 Å². The summed E-state index contributed by atoms with van der Waals surface area (Å²) in [6, 6.07) is 14.1. The molecule has 9 nitrogen and oxygen atoms in total. The van der Waals surface area contributed by atoms with Crippen molar-refractivity contribution < 1.29 is 0 Å². The van der Waals surface area contributed by atoms with E-state index in [-0.39, 0.29) is 0 Å². The lowest BCUT2D eigenvalue weighted by molar-refractivity contribution is -0.0208. The van der Waals surface area contributed by atoms with Gasteiger partial charge in [0, 0.05) is 90.9 Å². The van der Waals surface area contributed by atoms with E-state index in [1.807, 2.05) is 44.0 Å². The van der Waals surface area contributed by atoms with Gasteiger partial charge in [-0.05, 0) is 61.2 Å². The van der Waals surface area contributed by atoms with Crippen LogP contribution in [0, 0.1) is 23.7 Å². The second-order valence-corrected chi connectivity index (χ2v) is 11.7. The molecule has 0 aromatic carbocycles. The van der Waals surface area contributed by atoms with Gasteiger partial charge in [0.1, 0.15) is 11.9 Å². The molecule has 43 heavy (non-hydrogen) atoms. The number of pyridine rings is 3. The van der Waals surface area contributed by atoms with E-state index >= 15 is 0 Å². The Bertz CT molecular complexity index is 1990. The van der Waals surface area contributed by atoms with Crippen LogP contribution < -0.4 is 4.90 Å². The van der Waals surface area contributed by atoms with Crippen LogP contribution in [0.3, 0.4) is 0 Å². The molecule has 3 saturated heterocycles. The summed E-state index contributed by atoms with van der Waals surface area (Å²) in [4.78, 5) is 14.6. The Morgan fingerprint density at radius 1 is 0.953 bits per heavy atom. The highest BCUT2D eigenvalue weighted by Gasteiger charge is 2.49. The van der Waals surface area contributed by atoms with E-state index in [0.29, 0.717) is 23.7 Å². The maximum absolute atomic E-state index is 9.76. The van der Waals surface area contributed by atoms with Gasteiger partial charge in [0.25, 0.3) is 0 Å². The normalized spacial score (nSPS) is 20.0. The molecule has 5 aromatic heterocycles. The third kappa shape index (κ3) is 4.20. The number of aromatic nitrogens is 6. The smallest absolute Gasteiger partial charge is 0.128 e. The predicted molar refractivity (Wildman–Crippen MR) is 165 cm³/mol. The number of allylic oxidation sites excluding steroid dienone is 1. The molecule has 9 rings (SSSR count). The molecule has 3 fully saturated rings. The molecular formula is C34H29N9. The van der Waals surface area contributed by atoms with Gasteiger partial charge in [-0.3, -0.25) is 14.6 Å². The second kappa shape index (κ2) is 9.65. The average Bonchev–Trinajstić information content (AvgIpc) is 3.55. The van der Waals surface area contributed by atoms with Crippen molar-refractivity contribution in [1.29, 1.82) is 5.26 Å². The maximum atomic E-state index is 9.76. The Hall–Kier alpha value is -5.25. The largest absolute Gasteiger partial charge is 0.353 e. The Morgan fingerprint density at radius 3 is 2.49 bits per heavy atom. The first-order chi connectivity index (χ1) is 21.0. The van der Waals surface area contributed by atoms with E-state index in [2.05, 4.69) is 62.1 Å². The van der Waals surface area contributed by atoms with Crippen LogP contribution in [0.4, 0.5) is 5.82 Å². The van der Waals surface area contributed by atoms with Crippen molar-refractivity contribution in [2.75, 3.05) is 18.0 Å². The number of fused-ring (bicyclic) bond motifs is 3. The number of terminal acetylenes is 1. The van der Waals surface area contributed by atoms with Crippen LogP contribution in [0.1, 0.15) is 36.6 Å². The highest BCUT2D eigenvalue weighted by molar-refractivity contribution is 5.87. The minimum atomic E-state index is 0.421. The number of hydrogen-bond acceptors (Lipinski definition) is 7. The van der Waals surface area contributed by atoms with Crippen molar-refractivity contribution in [3.63, 3.8) is 0 Å². The quantitative estimate of drug-likeness (QED) is 0.280. The summed E-state index contributed by atoms with van der Waals surface area (Å²) in [5, 5.41) is 18.5. The zero-order chi connectivity index (χ0) is 29.2. The minimum absolute atomic E-state index is 0.421. The molecule has 4 aliphatic rings.